The first-order chi connectivity index (χ1) is 6.43. The zero-order valence-corrected chi connectivity index (χ0v) is 9.19. The van der Waals surface area contributed by atoms with Gasteiger partial charge in [0, 0.05) is 6.92 Å². The number of esters is 1. The zero-order chi connectivity index (χ0) is 11.6. The average molecular weight is 208 g/mol. The van der Waals surface area contributed by atoms with Crippen LogP contribution in [0.4, 0.5) is 0 Å². The van der Waals surface area contributed by atoms with Crippen LogP contribution in [0.3, 0.4) is 0 Å². The number of carbonyl (C=O) groups is 1. The van der Waals surface area contributed by atoms with E-state index >= 15 is 0 Å². The van der Waals surface area contributed by atoms with Crippen molar-refractivity contribution in [3.05, 3.63) is 0 Å². The van der Waals surface area contributed by atoms with Crippen molar-refractivity contribution in [3.63, 3.8) is 0 Å². The molecule has 0 aromatic rings. The van der Waals surface area contributed by atoms with Gasteiger partial charge in [0.25, 0.3) is 0 Å². The molecule has 0 heterocycles. The minimum atomic E-state index is -0.445. The van der Waals surface area contributed by atoms with E-state index in [-0.39, 0.29) is 18.7 Å². The molecule has 0 spiro atoms. The summed E-state index contributed by atoms with van der Waals surface area (Å²) in [7, 11) is 1.35. The van der Waals surface area contributed by atoms with E-state index in [1.54, 1.807) is 13.8 Å². The van der Waals surface area contributed by atoms with E-state index in [2.05, 4.69) is 4.74 Å². The summed E-state index contributed by atoms with van der Waals surface area (Å²) in [4.78, 5) is 9.59. The van der Waals surface area contributed by atoms with Crippen molar-refractivity contribution in [3.8, 4) is 0 Å². The van der Waals surface area contributed by atoms with E-state index in [4.69, 9.17) is 14.9 Å². The van der Waals surface area contributed by atoms with Gasteiger partial charge in [0.05, 0.1) is 32.5 Å². The van der Waals surface area contributed by atoms with Crippen LogP contribution in [0.5, 0.6) is 0 Å². The number of rotatable bonds is 4. The molecule has 86 valence electrons. The Kier molecular flexibility index (Phi) is 11.8. The first-order valence-corrected chi connectivity index (χ1v) is 4.39. The summed E-state index contributed by atoms with van der Waals surface area (Å²) in [6.45, 7) is 5.06. The summed E-state index contributed by atoms with van der Waals surface area (Å²) in [5.41, 5.74) is 0. The highest BCUT2D eigenvalue weighted by Crippen LogP contribution is 1.90. The second-order valence-electron chi connectivity index (χ2n) is 2.87. The van der Waals surface area contributed by atoms with Crippen LogP contribution in [0.15, 0.2) is 0 Å². The number of hydrogen-bond acceptors (Lipinski definition) is 5. The number of carbonyl (C=O) groups excluding carboxylic acids is 1. The normalized spacial score (nSPS) is 13.6. The first kappa shape index (κ1) is 15.8. The van der Waals surface area contributed by atoms with Gasteiger partial charge >= 0.3 is 5.97 Å². The van der Waals surface area contributed by atoms with E-state index < -0.39 is 6.10 Å². The van der Waals surface area contributed by atoms with Crippen LogP contribution in [0.1, 0.15) is 20.8 Å². The molecule has 2 N–H and O–H groups in total. The maximum absolute atomic E-state index is 9.59. The number of aliphatic hydroxyl groups excluding tert-OH is 2. The summed E-state index contributed by atoms with van der Waals surface area (Å²) < 4.78 is 9.06. The van der Waals surface area contributed by atoms with Gasteiger partial charge in [-0.15, -0.1) is 0 Å². The number of methoxy groups -OCH3 is 1. The molecule has 0 saturated heterocycles. The fraction of sp³-hybridized carbons (Fsp3) is 0.889. The molecule has 2 unspecified atom stereocenters. The van der Waals surface area contributed by atoms with E-state index in [1.807, 2.05) is 0 Å². The van der Waals surface area contributed by atoms with Crippen molar-refractivity contribution in [1.82, 2.24) is 0 Å². The van der Waals surface area contributed by atoms with Crippen molar-refractivity contribution in [2.75, 3.05) is 20.3 Å². The van der Waals surface area contributed by atoms with E-state index in [0.29, 0.717) is 6.61 Å². The van der Waals surface area contributed by atoms with Gasteiger partial charge in [0.1, 0.15) is 0 Å². The molecule has 0 bridgehead atoms. The summed E-state index contributed by atoms with van der Waals surface area (Å²) in [6, 6.07) is 0. The lowest BCUT2D eigenvalue weighted by molar-refractivity contribution is -0.137. The predicted octanol–water partition coefficient (Wildman–Crippen LogP) is -0.0561. The van der Waals surface area contributed by atoms with Crippen molar-refractivity contribution in [2.24, 2.45) is 0 Å². The Balaban J connectivity index is 0. The minimum Gasteiger partial charge on any atom is -0.469 e. The van der Waals surface area contributed by atoms with Crippen LogP contribution < -0.4 is 0 Å². The standard InChI is InChI=1S/C6H14O3.C3H6O2/c1-5(8)4-9-6(2)3-7;1-3(4)5-2/h5-8H,3-4H2,1-2H3;1-2H3. The Bertz CT molecular complexity index is 135. The molecule has 0 aliphatic carbocycles. The van der Waals surface area contributed by atoms with Gasteiger partial charge in [-0.25, -0.2) is 0 Å². The molecule has 5 heteroatoms. The van der Waals surface area contributed by atoms with Crippen LogP contribution in [-0.4, -0.2) is 48.7 Å². The molecule has 0 saturated carbocycles. The molecule has 14 heavy (non-hydrogen) atoms. The van der Waals surface area contributed by atoms with Gasteiger partial charge in [0.15, 0.2) is 0 Å². The highest BCUT2D eigenvalue weighted by atomic mass is 16.5. The molecular formula is C9H20O5. The van der Waals surface area contributed by atoms with Crippen molar-refractivity contribution < 1.29 is 24.5 Å². The van der Waals surface area contributed by atoms with Crippen molar-refractivity contribution in [1.29, 1.82) is 0 Å². The zero-order valence-electron chi connectivity index (χ0n) is 9.19. The van der Waals surface area contributed by atoms with Crippen LogP contribution in [0, 0.1) is 0 Å². The van der Waals surface area contributed by atoms with E-state index in [1.165, 1.54) is 14.0 Å². The maximum atomic E-state index is 9.59. The summed E-state index contributed by atoms with van der Waals surface area (Å²) in [5.74, 6) is -0.245. The number of hydrogen-bond donors (Lipinski definition) is 2. The summed E-state index contributed by atoms with van der Waals surface area (Å²) in [5, 5.41) is 17.1. The summed E-state index contributed by atoms with van der Waals surface area (Å²) in [6.07, 6.45) is -0.612. The second kappa shape index (κ2) is 10.4. The first-order valence-electron chi connectivity index (χ1n) is 4.39. The molecule has 0 aliphatic heterocycles. The third-order valence-corrected chi connectivity index (χ3v) is 1.17. The lowest BCUT2D eigenvalue weighted by Gasteiger charge is -2.10. The van der Waals surface area contributed by atoms with Gasteiger partial charge in [-0.2, -0.15) is 0 Å². The minimum absolute atomic E-state index is 0.00667. The van der Waals surface area contributed by atoms with Crippen molar-refractivity contribution >= 4 is 5.97 Å². The van der Waals surface area contributed by atoms with E-state index in [0.717, 1.165) is 0 Å². The molecule has 0 aromatic carbocycles. The molecular weight excluding hydrogens is 188 g/mol. The van der Waals surface area contributed by atoms with Gasteiger partial charge < -0.3 is 19.7 Å². The largest absolute Gasteiger partial charge is 0.469 e. The number of aliphatic hydroxyl groups is 2. The lowest BCUT2D eigenvalue weighted by Crippen LogP contribution is -2.19. The van der Waals surface area contributed by atoms with Crippen molar-refractivity contribution in [2.45, 2.75) is 33.0 Å². The smallest absolute Gasteiger partial charge is 0.302 e. The Hall–Kier alpha value is -0.650. The van der Waals surface area contributed by atoms with Gasteiger partial charge in [-0.3, -0.25) is 4.79 Å². The Morgan fingerprint density at radius 3 is 2.07 bits per heavy atom. The van der Waals surface area contributed by atoms with Gasteiger partial charge in [-0.05, 0) is 13.8 Å². The molecule has 2 atom stereocenters. The van der Waals surface area contributed by atoms with Crippen LogP contribution in [0.2, 0.25) is 0 Å². The molecule has 5 nitrogen and oxygen atoms in total. The van der Waals surface area contributed by atoms with Gasteiger partial charge in [-0.1, -0.05) is 0 Å². The lowest BCUT2D eigenvalue weighted by atomic mass is 10.4. The third kappa shape index (κ3) is 17.4. The quantitative estimate of drug-likeness (QED) is 0.633. The highest BCUT2D eigenvalue weighted by Gasteiger charge is 2.00. The van der Waals surface area contributed by atoms with Crippen LogP contribution >= 0.6 is 0 Å². The monoisotopic (exact) mass is 208 g/mol. The SMILES string of the molecule is CC(O)COC(C)CO.COC(C)=O. The molecule has 0 aromatic heterocycles. The van der Waals surface area contributed by atoms with Crippen LogP contribution in [0.25, 0.3) is 0 Å². The Morgan fingerprint density at radius 1 is 1.43 bits per heavy atom. The van der Waals surface area contributed by atoms with Gasteiger partial charge in [0.2, 0.25) is 0 Å². The predicted molar refractivity (Wildman–Crippen MR) is 51.9 cm³/mol. The second-order valence-corrected chi connectivity index (χ2v) is 2.87. The third-order valence-electron chi connectivity index (χ3n) is 1.17. The molecule has 0 radical (unpaired) electrons. The Morgan fingerprint density at radius 2 is 1.86 bits per heavy atom. The topological polar surface area (TPSA) is 76.0 Å². The molecule has 0 amide bonds. The fourth-order valence-corrected chi connectivity index (χ4v) is 0.356. The Labute approximate surface area is 84.6 Å². The van der Waals surface area contributed by atoms with Crippen LogP contribution in [-0.2, 0) is 14.3 Å². The highest BCUT2D eigenvalue weighted by molar-refractivity contribution is 5.65. The molecule has 0 aliphatic rings. The molecule has 0 rings (SSSR count). The average Bonchev–Trinajstić information content (AvgIpc) is 2.14. The molecule has 0 fully saturated rings. The fourth-order valence-electron chi connectivity index (χ4n) is 0.356. The maximum Gasteiger partial charge on any atom is 0.302 e. The number of ether oxygens (including phenoxy) is 2. The van der Waals surface area contributed by atoms with E-state index in [9.17, 15) is 4.79 Å². The summed E-state index contributed by atoms with van der Waals surface area (Å²) >= 11 is 0.